The highest BCUT2D eigenvalue weighted by molar-refractivity contribution is 5.94. The number of non-ortho nitro benzene ring substituents is 1. The fourth-order valence-electron chi connectivity index (χ4n) is 1.71. The summed E-state index contributed by atoms with van der Waals surface area (Å²) in [7, 11) is 0. The van der Waals surface area contributed by atoms with Gasteiger partial charge in [-0.3, -0.25) is 10.1 Å². The van der Waals surface area contributed by atoms with E-state index in [1.54, 1.807) is 6.92 Å². The molecule has 0 saturated heterocycles. The summed E-state index contributed by atoms with van der Waals surface area (Å²) < 4.78 is 0. The zero-order valence-corrected chi connectivity index (χ0v) is 10.5. The number of aromatic nitrogens is 1. The van der Waals surface area contributed by atoms with E-state index in [1.807, 2.05) is 0 Å². The van der Waals surface area contributed by atoms with Crippen LogP contribution in [0.15, 0.2) is 36.5 Å². The van der Waals surface area contributed by atoms with Gasteiger partial charge in [0.25, 0.3) is 5.69 Å². The lowest BCUT2D eigenvalue weighted by Gasteiger charge is -2.10. The molecule has 0 aliphatic heterocycles. The van der Waals surface area contributed by atoms with Crippen molar-refractivity contribution >= 4 is 23.2 Å². The molecule has 0 atom stereocenters. The number of carbonyl (C=O) groups is 1. The molecule has 0 bridgehead atoms. The van der Waals surface area contributed by atoms with Crippen molar-refractivity contribution in [3.05, 3.63) is 57.8 Å². The SMILES string of the molecule is Cc1cc([N+](=O)[O-])ccc1Nc1ncccc1C(=O)O. The maximum absolute atomic E-state index is 11.1. The first-order valence-electron chi connectivity index (χ1n) is 5.69. The lowest BCUT2D eigenvalue weighted by Crippen LogP contribution is -2.05. The summed E-state index contributed by atoms with van der Waals surface area (Å²) in [6.45, 7) is 1.69. The summed E-state index contributed by atoms with van der Waals surface area (Å²) >= 11 is 0. The number of nitrogens with one attached hydrogen (secondary N) is 1. The first kappa shape index (κ1) is 13.5. The standard InChI is InChI=1S/C13H11N3O4/c1-8-7-9(16(19)20)4-5-11(8)15-12-10(13(17)18)3-2-6-14-12/h2-7H,1H3,(H,14,15)(H,17,18). The lowest BCUT2D eigenvalue weighted by atomic mass is 10.1. The van der Waals surface area contributed by atoms with Crippen LogP contribution in [0, 0.1) is 17.0 Å². The molecule has 2 aromatic rings. The Labute approximate surface area is 114 Å². The van der Waals surface area contributed by atoms with E-state index in [9.17, 15) is 14.9 Å². The molecule has 7 heteroatoms. The van der Waals surface area contributed by atoms with E-state index in [0.717, 1.165) is 0 Å². The second-order valence-corrected chi connectivity index (χ2v) is 4.09. The number of rotatable bonds is 4. The monoisotopic (exact) mass is 273 g/mol. The molecule has 1 aromatic carbocycles. The minimum absolute atomic E-state index is 0.0208. The summed E-state index contributed by atoms with van der Waals surface area (Å²) in [5.41, 5.74) is 1.20. The Bertz CT molecular complexity index is 685. The van der Waals surface area contributed by atoms with Crippen LogP contribution in [-0.4, -0.2) is 21.0 Å². The Morgan fingerprint density at radius 2 is 2.15 bits per heavy atom. The van der Waals surface area contributed by atoms with Gasteiger partial charge >= 0.3 is 5.97 Å². The molecule has 0 saturated carbocycles. The van der Waals surface area contributed by atoms with Crippen molar-refractivity contribution < 1.29 is 14.8 Å². The van der Waals surface area contributed by atoms with Crippen molar-refractivity contribution in [2.45, 2.75) is 6.92 Å². The van der Waals surface area contributed by atoms with Gasteiger partial charge in [-0.15, -0.1) is 0 Å². The van der Waals surface area contributed by atoms with Crippen LogP contribution >= 0.6 is 0 Å². The quantitative estimate of drug-likeness (QED) is 0.655. The number of carboxylic acids is 1. The van der Waals surface area contributed by atoms with Gasteiger partial charge in [0, 0.05) is 24.0 Å². The number of hydrogen-bond donors (Lipinski definition) is 2. The van der Waals surface area contributed by atoms with Crippen LogP contribution in [0.3, 0.4) is 0 Å². The number of carboxylic acid groups (broad SMARTS) is 1. The Morgan fingerprint density at radius 1 is 1.40 bits per heavy atom. The maximum atomic E-state index is 11.1. The molecule has 7 nitrogen and oxygen atoms in total. The highest BCUT2D eigenvalue weighted by Gasteiger charge is 2.13. The fourth-order valence-corrected chi connectivity index (χ4v) is 1.71. The van der Waals surface area contributed by atoms with E-state index in [0.29, 0.717) is 11.3 Å². The zero-order valence-electron chi connectivity index (χ0n) is 10.5. The Balaban J connectivity index is 2.36. The molecular formula is C13H11N3O4. The normalized spacial score (nSPS) is 10.1. The summed E-state index contributed by atoms with van der Waals surface area (Å²) in [5, 5.41) is 22.6. The van der Waals surface area contributed by atoms with Crippen LogP contribution in [0.2, 0.25) is 0 Å². The van der Waals surface area contributed by atoms with Gasteiger partial charge < -0.3 is 10.4 Å². The van der Waals surface area contributed by atoms with Crippen molar-refractivity contribution in [1.29, 1.82) is 0 Å². The molecule has 20 heavy (non-hydrogen) atoms. The second kappa shape index (κ2) is 5.35. The molecule has 1 aromatic heterocycles. The van der Waals surface area contributed by atoms with Gasteiger partial charge in [0.05, 0.1) is 4.92 Å². The lowest BCUT2D eigenvalue weighted by molar-refractivity contribution is -0.384. The number of anilines is 2. The Hall–Kier alpha value is -2.96. The Kier molecular flexibility index (Phi) is 3.60. The van der Waals surface area contributed by atoms with E-state index in [1.165, 1.54) is 36.5 Å². The molecule has 0 radical (unpaired) electrons. The number of nitro groups is 1. The summed E-state index contributed by atoms with van der Waals surface area (Å²) in [4.78, 5) is 25.2. The smallest absolute Gasteiger partial charge is 0.339 e. The van der Waals surface area contributed by atoms with Gasteiger partial charge in [-0.1, -0.05) is 0 Å². The number of pyridine rings is 1. The van der Waals surface area contributed by atoms with Crippen LogP contribution in [-0.2, 0) is 0 Å². The third kappa shape index (κ3) is 2.72. The van der Waals surface area contributed by atoms with Gasteiger partial charge in [0.1, 0.15) is 11.4 Å². The van der Waals surface area contributed by atoms with E-state index < -0.39 is 10.9 Å². The summed E-state index contributed by atoms with van der Waals surface area (Å²) in [6, 6.07) is 7.23. The predicted octanol–water partition coefficient (Wildman–Crippen LogP) is 2.74. The van der Waals surface area contributed by atoms with Crippen molar-refractivity contribution in [3.63, 3.8) is 0 Å². The molecule has 0 unspecified atom stereocenters. The molecular weight excluding hydrogens is 262 g/mol. The Morgan fingerprint density at radius 3 is 2.75 bits per heavy atom. The second-order valence-electron chi connectivity index (χ2n) is 4.09. The molecule has 0 amide bonds. The molecule has 2 rings (SSSR count). The van der Waals surface area contributed by atoms with Crippen LogP contribution in [0.25, 0.3) is 0 Å². The predicted molar refractivity (Wildman–Crippen MR) is 72.3 cm³/mol. The number of hydrogen-bond acceptors (Lipinski definition) is 5. The largest absolute Gasteiger partial charge is 0.478 e. The van der Waals surface area contributed by atoms with Crippen LogP contribution in [0.4, 0.5) is 17.2 Å². The van der Waals surface area contributed by atoms with E-state index in [-0.39, 0.29) is 17.1 Å². The molecule has 1 heterocycles. The first-order chi connectivity index (χ1) is 9.49. The molecule has 0 fully saturated rings. The zero-order chi connectivity index (χ0) is 14.7. The van der Waals surface area contributed by atoms with Crippen LogP contribution in [0.1, 0.15) is 15.9 Å². The highest BCUT2D eigenvalue weighted by Crippen LogP contribution is 2.25. The first-order valence-corrected chi connectivity index (χ1v) is 5.69. The van der Waals surface area contributed by atoms with Gasteiger partial charge in [-0.25, -0.2) is 9.78 Å². The molecule has 102 valence electrons. The average molecular weight is 273 g/mol. The number of aromatic carboxylic acids is 1. The third-order valence-corrected chi connectivity index (χ3v) is 2.71. The van der Waals surface area contributed by atoms with E-state index in [4.69, 9.17) is 5.11 Å². The summed E-state index contributed by atoms with van der Waals surface area (Å²) in [5.74, 6) is -0.905. The molecule has 0 aliphatic rings. The van der Waals surface area contributed by atoms with Gasteiger partial charge in [-0.05, 0) is 30.7 Å². The van der Waals surface area contributed by atoms with Crippen molar-refractivity contribution in [2.75, 3.05) is 5.32 Å². The van der Waals surface area contributed by atoms with E-state index >= 15 is 0 Å². The van der Waals surface area contributed by atoms with Gasteiger partial charge in [-0.2, -0.15) is 0 Å². The van der Waals surface area contributed by atoms with Crippen molar-refractivity contribution in [3.8, 4) is 0 Å². The molecule has 2 N–H and O–H groups in total. The fraction of sp³-hybridized carbons (Fsp3) is 0.0769. The van der Waals surface area contributed by atoms with Gasteiger partial charge in [0.2, 0.25) is 0 Å². The number of benzene rings is 1. The topological polar surface area (TPSA) is 105 Å². The minimum atomic E-state index is -1.10. The maximum Gasteiger partial charge on any atom is 0.339 e. The van der Waals surface area contributed by atoms with Crippen LogP contribution in [0.5, 0.6) is 0 Å². The average Bonchev–Trinajstić information content (AvgIpc) is 2.41. The molecule has 0 aliphatic carbocycles. The highest BCUT2D eigenvalue weighted by atomic mass is 16.6. The minimum Gasteiger partial charge on any atom is -0.478 e. The van der Waals surface area contributed by atoms with E-state index in [2.05, 4.69) is 10.3 Å². The summed E-state index contributed by atoms with van der Waals surface area (Å²) in [6.07, 6.45) is 1.47. The number of nitro benzene ring substituents is 1. The number of aryl methyl sites for hydroxylation is 1. The third-order valence-electron chi connectivity index (χ3n) is 2.71. The number of nitrogens with zero attached hydrogens (tertiary/aromatic N) is 2. The van der Waals surface area contributed by atoms with Crippen molar-refractivity contribution in [2.24, 2.45) is 0 Å². The van der Waals surface area contributed by atoms with Crippen molar-refractivity contribution in [1.82, 2.24) is 4.98 Å². The van der Waals surface area contributed by atoms with Gasteiger partial charge in [0.15, 0.2) is 0 Å². The molecule has 0 spiro atoms. The van der Waals surface area contributed by atoms with Crippen LogP contribution < -0.4 is 5.32 Å².